The summed E-state index contributed by atoms with van der Waals surface area (Å²) in [7, 11) is 1.33. The van der Waals surface area contributed by atoms with Crippen molar-refractivity contribution in [2.45, 2.75) is 25.8 Å². The molecule has 0 amide bonds. The zero-order valence-electron chi connectivity index (χ0n) is 9.63. The molecule has 1 aromatic rings. The van der Waals surface area contributed by atoms with Crippen LogP contribution in [0.5, 0.6) is 11.5 Å². The van der Waals surface area contributed by atoms with Gasteiger partial charge in [-0.05, 0) is 26.0 Å². The van der Waals surface area contributed by atoms with Crippen LogP contribution in [0.3, 0.4) is 0 Å². The lowest BCUT2D eigenvalue weighted by molar-refractivity contribution is -0.275. The van der Waals surface area contributed by atoms with Gasteiger partial charge in [0.25, 0.3) is 0 Å². The highest BCUT2D eigenvalue weighted by Crippen LogP contribution is 2.35. The monoisotopic (exact) mass is 250 g/mol. The topological polar surface area (TPSA) is 38.7 Å². The van der Waals surface area contributed by atoms with Crippen LogP contribution in [0.4, 0.5) is 13.2 Å². The highest BCUT2D eigenvalue weighted by atomic mass is 19.4. The van der Waals surface area contributed by atoms with E-state index in [1.54, 1.807) is 0 Å². The van der Waals surface area contributed by atoms with Crippen LogP contribution < -0.4 is 9.47 Å². The molecule has 96 valence electrons. The average Bonchev–Trinajstić information content (AvgIpc) is 2.13. The van der Waals surface area contributed by atoms with E-state index < -0.39 is 17.7 Å². The maximum absolute atomic E-state index is 12.2. The lowest BCUT2D eigenvalue weighted by atomic mass is 9.97. The van der Waals surface area contributed by atoms with Crippen molar-refractivity contribution in [1.82, 2.24) is 0 Å². The fourth-order valence-corrected chi connectivity index (χ4v) is 1.34. The van der Waals surface area contributed by atoms with Crippen molar-refractivity contribution < 1.29 is 27.8 Å². The summed E-state index contributed by atoms with van der Waals surface area (Å²) < 4.78 is 45.3. The Morgan fingerprint density at radius 2 is 1.76 bits per heavy atom. The summed E-state index contributed by atoms with van der Waals surface area (Å²) in [5, 5.41) is 9.74. The summed E-state index contributed by atoms with van der Waals surface area (Å²) in [6.07, 6.45) is -4.81. The first-order valence-corrected chi connectivity index (χ1v) is 4.80. The Balaban J connectivity index is 3.22. The van der Waals surface area contributed by atoms with Gasteiger partial charge < -0.3 is 14.6 Å². The lowest BCUT2D eigenvalue weighted by Crippen LogP contribution is -2.22. The Hall–Kier alpha value is -1.43. The summed E-state index contributed by atoms with van der Waals surface area (Å²) in [4.78, 5) is 0. The minimum atomic E-state index is -4.81. The van der Waals surface area contributed by atoms with Crippen molar-refractivity contribution in [1.29, 1.82) is 0 Å². The Morgan fingerprint density at radius 3 is 2.18 bits per heavy atom. The molecule has 1 rings (SSSR count). The first kappa shape index (κ1) is 13.6. The van der Waals surface area contributed by atoms with Crippen LogP contribution in [0.1, 0.15) is 19.4 Å². The third-order valence-corrected chi connectivity index (χ3v) is 2.07. The number of alkyl halides is 3. The summed E-state index contributed by atoms with van der Waals surface area (Å²) in [5.41, 5.74) is -1.40. The lowest BCUT2D eigenvalue weighted by Gasteiger charge is -2.22. The van der Waals surface area contributed by atoms with Gasteiger partial charge in [0.15, 0.2) is 0 Å². The molecule has 17 heavy (non-hydrogen) atoms. The first-order valence-electron chi connectivity index (χ1n) is 4.80. The quantitative estimate of drug-likeness (QED) is 0.896. The highest BCUT2D eigenvalue weighted by molar-refractivity contribution is 5.43. The van der Waals surface area contributed by atoms with Crippen molar-refractivity contribution in [2.24, 2.45) is 0 Å². The third kappa shape index (κ3) is 3.81. The maximum atomic E-state index is 12.2. The first-order chi connectivity index (χ1) is 7.63. The molecular formula is C11H13F3O3. The molecule has 0 aliphatic carbocycles. The number of methoxy groups -OCH3 is 1. The molecule has 0 saturated carbocycles. The van der Waals surface area contributed by atoms with E-state index in [0.29, 0.717) is 0 Å². The van der Waals surface area contributed by atoms with E-state index in [2.05, 4.69) is 4.74 Å². The molecule has 0 fully saturated rings. The summed E-state index contributed by atoms with van der Waals surface area (Å²) in [6.45, 7) is 2.75. The normalized spacial score (nSPS) is 12.4. The molecule has 0 bridgehead atoms. The van der Waals surface area contributed by atoms with E-state index in [1.165, 1.54) is 33.1 Å². The maximum Gasteiger partial charge on any atom is 0.573 e. The summed E-state index contributed by atoms with van der Waals surface area (Å²) >= 11 is 0. The van der Waals surface area contributed by atoms with Crippen molar-refractivity contribution in [3.8, 4) is 11.5 Å². The largest absolute Gasteiger partial charge is 0.573 e. The Bertz CT molecular complexity index is 394. The molecule has 3 nitrogen and oxygen atoms in total. The van der Waals surface area contributed by atoms with Crippen molar-refractivity contribution in [2.75, 3.05) is 7.11 Å². The number of ether oxygens (including phenoxy) is 2. The second-order valence-electron chi connectivity index (χ2n) is 3.97. The predicted octanol–water partition coefficient (Wildman–Crippen LogP) is 2.82. The number of halogens is 3. The summed E-state index contributed by atoms with van der Waals surface area (Å²) in [5.74, 6) is -0.249. The molecule has 0 heterocycles. The van der Waals surface area contributed by atoms with Gasteiger partial charge in [-0.25, -0.2) is 0 Å². The van der Waals surface area contributed by atoms with Crippen LogP contribution in [-0.4, -0.2) is 18.6 Å². The van der Waals surface area contributed by atoms with Crippen molar-refractivity contribution in [3.63, 3.8) is 0 Å². The molecule has 0 aliphatic rings. The average molecular weight is 250 g/mol. The molecule has 6 heteroatoms. The molecule has 1 N–H and O–H groups in total. The SMILES string of the molecule is COc1ccc(C(C)(C)O)c(OC(F)(F)F)c1. The van der Waals surface area contributed by atoms with Crippen LogP contribution in [0.15, 0.2) is 18.2 Å². The van der Waals surface area contributed by atoms with Gasteiger partial charge in [0.2, 0.25) is 0 Å². The number of hydrogen-bond donors (Lipinski definition) is 1. The van der Waals surface area contributed by atoms with Gasteiger partial charge in [0.1, 0.15) is 11.5 Å². The van der Waals surface area contributed by atoms with Gasteiger partial charge in [-0.15, -0.1) is 13.2 Å². The third-order valence-electron chi connectivity index (χ3n) is 2.07. The van der Waals surface area contributed by atoms with Crippen LogP contribution in [0.2, 0.25) is 0 Å². The number of rotatable bonds is 3. The van der Waals surface area contributed by atoms with Crippen LogP contribution in [-0.2, 0) is 5.60 Å². The molecule has 0 radical (unpaired) electrons. The molecule has 0 aliphatic heterocycles. The van der Waals surface area contributed by atoms with E-state index in [9.17, 15) is 18.3 Å². The second kappa shape index (κ2) is 4.44. The van der Waals surface area contributed by atoms with Gasteiger partial charge >= 0.3 is 6.36 Å². The van der Waals surface area contributed by atoms with Crippen molar-refractivity contribution >= 4 is 0 Å². The fraction of sp³-hybridized carbons (Fsp3) is 0.455. The zero-order valence-corrected chi connectivity index (χ0v) is 9.63. The minimum absolute atomic E-state index is 0.0376. The predicted molar refractivity (Wildman–Crippen MR) is 54.9 cm³/mol. The smallest absolute Gasteiger partial charge is 0.497 e. The zero-order chi connectivity index (χ0) is 13.3. The fourth-order valence-electron chi connectivity index (χ4n) is 1.34. The molecule has 1 aromatic carbocycles. The second-order valence-corrected chi connectivity index (χ2v) is 3.97. The van der Waals surface area contributed by atoms with Gasteiger partial charge in [0, 0.05) is 11.6 Å². The Morgan fingerprint density at radius 1 is 1.18 bits per heavy atom. The molecule has 0 saturated heterocycles. The molecule has 0 aromatic heterocycles. The van der Waals surface area contributed by atoms with E-state index in [4.69, 9.17) is 4.74 Å². The highest BCUT2D eigenvalue weighted by Gasteiger charge is 2.34. The van der Waals surface area contributed by atoms with E-state index in [-0.39, 0.29) is 11.3 Å². The standard InChI is InChI=1S/C11H13F3O3/c1-10(2,15)8-5-4-7(16-3)6-9(8)17-11(12,13)14/h4-6,15H,1-3H3. The van der Waals surface area contributed by atoms with E-state index in [0.717, 1.165) is 6.07 Å². The van der Waals surface area contributed by atoms with Crippen molar-refractivity contribution in [3.05, 3.63) is 23.8 Å². The minimum Gasteiger partial charge on any atom is -0.497 e. The Labute approximate surface area is 96.8 Å². The number of hydrogen-bond acceptors (Lipinski definition) is 3. The molecular weight excluding hydrogens is 237 g/mol. The van der Waals surface area contributed by atoms with E-state index >= 15 is 0 Å². The van der Waals surface area contributed by atoms with Gasteiger partial charge in [0.05, 0.1) is 12.7 Å². The number of benzene rings is 1. The summed E-state index contributed by atoms with van der Waals surface area (Å²) in [6, 6.07) is 3.87. The van der Waals surface area contributed by atoms with Gasteiger partial charge in [-0.2, -0.15) is 0 Å². The molecule has 0 spiro atoms. The van der Waals surface area contributed by atoms with Crippen LogP contribution >= 0.6 is 0 Å². The van der Waals surface area contributed by atoms with Crippen LogP contribution in [0, 0.1) is 0 Å². The van der Waals surface area contributed by atoms with E-state index in [1.807, 2.05) is 0 Å². The van der Waals surface area contributed by atoms with Crippen LogP contribution in [0.25, 0.3) is 0 Å². The number of aliphatic hydroxyl groups is 1. The Kier molecular flexibility index (Phi) is 3.56. The molecule has 0 unspecified atom stereocenters. The van der Waals surface area contributed by atoms with Gasteiger partial charge in [-0.1, -0.05) is 0 Å². The van der Waals surface area contributed by atoms with Gasteiger partial charge in [-0.3, -0.25) is 0 Å². The molecule has 0 atom stereocenters.